The van der Waals surface area contributed by atoms with E-state index >= 15 is 0 Å². The van der Waals surface area contributed by atoms with Crippen LogP contribution in [0.2, 0.25) is 0 Å². The third kappa shape index (κ3) is 5.80. The molecule has 1 N–H and O–H groups in total. The minimum atomic E-state index is -3.05. The van der Waals surface area contributed by atoms with Crippen molar-refractivity contribution in [2.24, 2.45) is 4.99 Å². The van der Waals surface area contributed by atoms with E-state index in [0.717, 1.165) is 0 Å². The number of hydrogen-bond donors (Lipinski definition) is 1. The molecular weight excluding hydrogens is 516 g/mol. The minimum absolute atomic E-state index is 0. The maximum atomic E-state index is 14.1. The molecule has 0 saturated carbocycles. The van der Waals surface area contributed by atoms with Crippen LogP contribution in [-0.2, 0) is 6.54 Å². The lowest BCUT2D eigenvalue weighted by atomic mass is 10.2. The van der Waals surface area contributed by atoms with Crippen molar-refractivity contribution in [3.8, 4) is 5.75 Å². The summed E-state index contributed by atoms with van der Waals surface area (Å²) in [5.41, 5.74) is -0.0133. The molecule has 1 aromatic carbocycles. The van der Waals surface area contributed by atoms with Gasteiger partial charge in [0.15, 0.2) is 11.7 Å². The lowest BCUT2D eigenvalue weighted by Crippen LogP contribution is -2.53. The summed E-state index contributed by atoms with van der Waals surface area (Å²) in [4.78, 5) is 20.1. The molecule has 11 heteroatoms. The first-order valence-electron chi connectivity index (χ1n) is 9.00. The minimum Gasteiger partial charge on any atom is -0.459 e. The van der Waals surface area contributed by atoms with Crippen LogP contribution in [0.5, 0.6) is 5.75 Å². The summed E-state index contributed by atoms with van der Waals surface area (Å²) in [6.07, 6.45) is 1.45. The zero-order valence-corrected chi connectivity index (χ0v) is 18.5. The van der Waals surface area contributed by atoms with E-state index in [1.165, 1.54) is 24.5 Å². The smallest absolute Gasteiger partial charge is 0.387 e. The van der Waals surface area contributed by atoms with E-state index in [2.05, 4.69) is 15.0 Å². The van der Waals surface area contributed by atoms with E-state index in [1.807, 2.05) is 4.90 Å². The van der Waals surface area contributed by atoms with Crippen molar-refractivity contribution in [1.82, 2.24) is 15.1 Å². The number of aliphatic imine (C=N–C) groups is 1. The Balaban J connectivity index is 0.00000320. The van der Waals surface area contributed by atoms with Crippen molar-refractivity contribution in [3.05, 3.63) is 53.7 Å². The van der Waals surface area contributed by atoms with Gasteiger partial charge in [-0.1, -0.05) is 6.07 Å². The molecule has 0 aliphatic carbocycles. The Labute approximate surface area is 188 Å². The summed E-state index contributed by atoms with van der Waals surface area (Å²) in [5, 5.41) is 2.97. The first-order chi connectivity index (χ1) is 14.0. The summed E-state index contributed by atoms with van der Waals surface area (Å²) in [6.45, 7) is -1.20. The van der Waals surface area contributed by atoms with Gasteiger partial charge in [-0.05, 0) is 24.3 Å². The molecule has 0 bridgehead atoms. The summed E-state index contributed by atoms with van der Waals surface area (Å²) in [6, 6.07) is 7.04. The van der Waals surface area contributed by atoms with Crippen LogP contribution in [0.1, 0.15) is 16.1 Å². The summed E-state index contributed by atoms with van der Waals surface area (Å²) < 4.78 is 48.7. The number of guanidine groups is 1. The highest BCUT2D eigenvalue weighted by Crippen LogP contribution is 2.23. The average Bonchev–Trinajstić information content (AvgIpc) is 3.24. The summed E-state index contributed by atoms with van der Waals surface area (Å²) in [5.74, 6) is -0.303. The van der Waals surface area contributed by atoms with Gasteiger partial charge in [0.2, 0.25) is 0 Å². The third-order valence-electron chi connectivity index (χ3n) is 4.53. The highest BCUT2D eigenvalue weighted by molar-refractivity contribution is 14.0. The van der Waals surface area contributed by atoms with E-state index in [4.69, 9.17) is 4.42 Å². The van der Waals surface area contributed by atoms with Crippen LogP contribution in [0.4, 0.5) is 13.2 Å². The second kappa shape index (κ2) is 11.1. The van der Waals surface area contributed by atoms with E-state index in [9.17, 15) is 18.0 Å². The molecule has 1 amide bonds. The van der Waals surface area contributed by atoms with E-state index < -0.39 is 12.4 Å². The standard InChI is InChI=1S/C19H21F3N4O3.HI/c1-23-19(24-12-13-14(20)4-2-5-15(13)29-18(21)22)26-9-7-25(8-10-26)17(27)16-6-3-11-28-16;/h2-6,11,18H,7-10,12H2,1H3,(H,23,24);1H. The van der Waals surface area contributed by atoms with Crippen molar-refractivity contribution < 1.29 is 27.1 Å². The van der Waals surface area contributed by atoms with Crippen molar-refractivity contribution in [2.45, 2.75) is 13.2 Å². The number of benzene rings is 1. The second-order valence-corrected chi connectivity index (χ2v) is 6.25. The van der Waals surface area contributed by atoms with Gasteiger partial charge in [0.25, 0.3) is 5.91 Å². The fourth-order valence-electron chi connectivity index (χ4n) is 3.09. The van der Waals surface area contributed by atoms with Crippen LogP contribution < -0.4 is 10.1 Å². The van der Waals surface area contributed by atoms with Crippen LogP contribution >= 0.6 is 24.0 Å². The normalized spacial score (nSPS) is 14.5. The molecule has 2 heterocycles. The predicted octanol–water partition coefficient (Wildman–Crippen LogP) is 3.17. The molecule has 3 rings (SSSR count). The average molecular weight is 538 g/mol. The number of amides is 1. The number of alkyl halides is 2. The number of ether oxygens (including phenoxy) is 1. The van der Waals surface area contributed by atoms with E-state index in [0.29, 0.717) is 32.1 Å². The van der Waals surface area contributed by atoms with Gasteiger partial charge in [0.05, 0.1) is 6.26 Å². The fourth-order valence-corrected chi connectivity index (χ4v) is 3.09. The SMILES string of the molecule is CN=C(NCc1c(F)cccc1OC(F)F)N1CCN(C(=O)c2ccco2)CC1.I. The molecule has 7 nitrogen and oxygen atoms in total. The lowest BCUT2D eigenvalue weighted by Gasteiger charge is -2.36. The Hall–Kier alpha value is -2.44. The number of carbonyl (C=O) groups excluding carboxylic acids is 1. The highest BCUT2D eigenvalue weighted by atomic mass is 127. The summed E-state index contributed by atoms with van der Waals surface area (Å²) >= 11 is 0. The van der Waals surface area contributed by atoms with E-state index in [1.54, 1.807) is 24.1 Å². The summed E-state index contributed by atoms with van der Waals surface area (Å²) in [7, 11) is 1.57. The monoisotopic (exact) mass is 538 g/mol. The van der Waals surface area contributed by atoms with Crippen molar-refractivity contribution >= 4 is 35.8 Å². The molecule has 1 saturated heterocycles. The molecule has 30 heavy (non-hydrogen) atoms. The Morgan fingerprint density at radius 3 is 2.50 bits per heavy atom. The lowest BCUT2D eigenvalue weighted by molar-refractivity contribution is -0.0506. The van der Waals surface area contributed by atoms with Crippen LogP contribution in [-0.4, -0.2) is 61.5 Å². The topological polar surface area (TPSA) is 70.3 Å². The number of hydrogen-bond acceptors (Lipinski definition) is 4. The molecule has 0 unspecified atom stereocenters. The van der Waals surface area contributed by atoms with Gasteiger partial charge in [0, 0.05) is 45.3 Å². The maximum absolute atomic E-state index is 14.1. The van der Waals surface area contributed by atoms with Crippen molar-refractivity contribution in [2.75, 3.05) is 33.2 Å². The van der Waals surface area contributed by atoms with Gasteiger partial charge in [-0.25, -0.2) is 4.39 Å². The molecule has 0 radical (unpaired) electrons. The molecule has 0 spiro atoms. The molecule has 0 atom stereocenters. The molecule has 1 fully saturated rings. The molecule has 2 aromatic rings. The molecule has 1 aliphatic rings. The van der Waals surface area contributed by atoms with Crippen LogP contribution in [0.25, 0.3) is 0 Å². The Morgan fingerprint density at radius 1 is 1.20 bits per heavy atom. The number of nitrogens with one attached hydrogen (secondary N) is 1. The molecule has 164 valence electrons. The van der Waals surface area contributed by atoms with Crippen LogP contribution in [0.15, 0.2) is 46.0 Å². The predicted molar refractivity (Wildman–Crippen MR) is 115 cm³/mol. The Bertz CT molecular complexity index is 857. The number of rotatable bonds is 5. The third-order valence-corrected chi connectivity index (χ3v) is 4.53. The quantitative estimate of drug-likeness (QED) is 0.360. The zero-order valence-electron chi connectivity index (χ0n) is 16.2. The maximum Gasteiger partial charge on any atom is 0.387 e. The number of carbonyl (C=O) groups is 1. The first-order valence-corrected chi connectivity index (χ1v) is 9.00. The highest BCUT2D eigenvalue weighted by Gasteiger charge is 2.25. The largest absolute Gasteiger partial charge is 0.459 e. The van der Waals surface area contributed by atoms with Crippen molar-refractivity contribution in [1.29, 1.82) is 0 Å². The van der Waals surface area contributed by atoms with Crippen molar-refractivity contribution in [3.63, 3.8) is 0 Å². The van der Waals surface area contributed by atoms with Gasteiger partial charge in [-0.15, -0.1) is 24.0 Å². The van der Waals surface area contributed by atoms with Gasteiger partial charge in [-0.2, -0.15) is 8.78 Å². The number of furan rings is 1. The molecular formula is C19H22F3IN4O3. The van der Waals surface area contributed by atoms with Gasteiger partial charge in [-0.3, -0.25) is 9.79 Å². The Morgan fingerprint density at radius 2 is 1.90 bits per heavy atom. The first kappa shape index (κ1) is 23.8. The van der Waals surface area contributed by atoms with Gasteiger partial charge < -0.3 is 24.3 Å². The molecule has 1 aliphatic heterocycles. The molecule has 1 aromatic heterocycles. The van der Waals surface area contributed by atoms with Gasteiger partial charge >= 0.3 is 6.61 Å². The zero-order chi connectivity index (χ0) is 20.8. The number of halogens is 4. The number of nitrogens with zero attached hydrogens (tertiary/aromatic N) is 3. The van der Waals surface area contributed by atoms with Gasteiger partial charge in [0.1, 0.15) is 11.6 Å². The number of piperazine rings is 1. The Kier molecular flexibility index (Phi) is 8.81. The fraction of sp³-hybridized carbons (Fsp3) is 0.368. The van der Waals surface area contributed by atoms with Crippen LogP contribution in [0, 0.1) is 5.82 Å². The van der Waals surface area contributed by atoms with Crippen LogP contribution in [0.3, 0.4) is 0 Å². The van der Waals surface area contributed by atoms with E-state index in [-0.39, 0.29) is 53.5 Å². The second-order valence-electron chi connectivity index (χ2n) is 6.25.